The van der Waals surface area contributed by atoms with E-state index in [0.29, 0.717) is 22.3 Å². The second-order valence-corrected chi connectivity index (χ2v) is 8.68. The van der Waals surface area contributed by atoms with Crippen LogP contribution >= 0.6 is 0 Å². The fourth-order valence-electron chi connectivity index (χ4n) is 4.55. The number of ether oxygens (including phenoxy) is 2. The molecule has 0 aliphatic carbocycles. The highest BCUT2D eigenvalue weighted by atomic mass is 16.5. The van der Waals surface area contributed by atoms with Crippen LogP contribution in [0, 0.1) is 0 Å². The van der Waals surface area contributed by atoms with E-state index in [0.717, 1.165) is 34.0 Å². The van der Waals surface area contributed by atoms with E-state index in [2.05, 4.69) is 0 Å². The van der Waals surface area contributed by atoms with Crippen molar-refractivity contribution >= 4 is 10.9 Å². The van der Waals surface area contributed by atoms with Gasteiger partial charge in [-0.15, -0.1) is 0 Å². The maximum atomic E-state index is 13.9. The molecular formula is C31H24N4O3. The fourth-order valence-corrected chi connectivity index (χ4v) is 4.55. The second-order valence-electron chi connectivity index (χ2n) is 8.68. The molecule has 0 bridgehead atoms. The first kappa shape index (κ1) is 23.2. The lowest BCUT2D eigenvalue weighted by atomic mass is 10.0. The van der Waals surface area contributed by atoms with Gasteiger partial charge < -0.3 is 9.47 Å². The molecule has 0 unspecified atom stereocenters. The highest BCUT2D eigenvalue weighted by Crippen LogP contribution is 2.37. The average Bonchev–Trinajstić information content (AvgIpc) is 3.40. The topological polar surface area (TPSA) is 71.2 Å². The molecule has 0 spiro atoms. The molecule has 0 fully saturated rings. The van der Waals surface area contributed by atoms with Gasteiger partial charge in [0, 0.05) is 11.1 Å². The number of benzene rings is 4. The first-order valence-corrected chi connectivity index (χ1v) is 12.1. The van der Waals surface area contributed by atoms with Gasteiger partial charge in [0.05, 0.1) is 36.7 Å². The molecule has 7 nitrogen and oxygen atoms in total. The summed E-state index contributed by atoms with van der Waals surface area (Å²) < 4.78 is 14.0. The van der Waals surface area contributed by atoms with Gasteiger partial charge in [0.2, 0.25) is 0 Å². The first-order chi connectivity index (χ1) is 18.7. The second kappa shape index (κ2) is 9.71. The molecule has 0 atom stereocenters. The molecule has 0 aliphatic heterocycles. The van der Waals surface area contributed by atoms with Gasteiger partial charge in [-0.3, -0.25) is 4.79 Å². The van der Waals surface area contributed by atoms with Gasteiger partial charge in [-0.2, -0.15) is 14.9 Å². The Morgan fingerprint density at radius 1 is 0.579 bits per heavy atom. The lowest BCUT2D eigenvalue weighted by Crippen LogP contribution is -2.22. The third kappa shape index (κ3) is 4.00. The zero-order chi connectivity index (χ0) is 26.1. The Morgan fingerprint density at radius 3 is 1.61 bits per heavy atom. The highest BCUT2D eigenvalue weighted by molar-refractivity contribution is 6.02. The van der Waals surface area contributed by atoms with Crippen LogP contribution in [0.3, 0.4) is 0 Å². The molecule has 6 rings (SSSR count). The van der Waals surface area contributed by atoms with E-state index in [-0.39, 0.29) is 5.56 Å². The van der Waals surface area contributed by atoms with Gasteiger partial charge in [0.15, 0.2) is 5.52 Å². The van der Waals surface area contributed by atoms with E-state index in [1.54, 1.807) is 14.2 Å². The number of nitrogens with zero attached hydrogens (tertiary/aromatic N) is 4. The van der Waals surface area contributed by atoms with Crippen LogP contribution in [0.1, 0.15) is 0 Å². The highest BCUT2D eigenvalue weighted by Gasteiger charge is 2.24. The minimum Gasteiger partial charge on any atom is -0.497 e. The van der Waals surface area contributed by atoms with Gasteiger partial charge >= 0.3 is 0 Å². The van der Waals surface area contributed by atoms with Gasteiger partial charge in [0.25, 0.3) is 5.56 Å². The molecule has 2 heterocycles. The van der Waals surface area contributed by atoms with Crippen molar-refractivity contribution in [2.24, 2.45) is 0 Å². The third-order valence-corrected chi connectivity index (χ3v) is 6.45. The van der Waals surface area contributed by atoms with Gasteiger partial charge in [-0.25, -0.2) is 4.68 Å². The lowest BCUT2D eigenvalue weighted by molar-refractivity contribution is 0.415. The predicted molar refractivity (Wildman–Crippen MR) is 148 cm³/mol. The number of hydrogen-bond donors (Lipinski definition) is 0. The van der Waals surface area contributed by atoms with E-state index >= 15 is 0 Å². The van der Waals surface area contributed by atoms with E-state index in [1.807, 2.05) is 114 Å². The van der Waals surface area contributed by atoms with Crippen LogP contribution < -0.4 is 15.0 Å². The first-order valence-electron chi connectivity index (χ1n) is 12.1. The summed E-state index contributed by atoms with van der Waals surface area (Å²) in [4.78, 5) is 13.9. The van der Waals surface area contributed by atoms with E-state index in [1.165, 1.54) is 4.68 Å². The van der Waals surface area contributed by atoms with E-state index in [4.69, 9.17) is 19.7 Å². The molecule has 0 aliphatic rings. The summed E-state index contributed by atoms with van der Waals surface area (Å²) in [7, 11) is 3.27. The van der Waals surface area contributed by atoms with Crippen LogP contribution in [0.5, 0.6) is 11.5 Å². The minimum atomic E-state index is -0.298. The summed E-state index contributed by atoms with van der Waals surface area (Å²) >= 11 is 0. The summed E-state index contributed by atoms with van der Waals surface area (Å²) in [6, 6.07) is 34.6. The maximum absolute atomic E-state index is 13.9. The number of rotatable bonds is 6. The van der Waals surface area contributed by atoms with Crippen LogP contribution in [0.2, 0.25) is 0 Å². The van der Waals surface area contributed by atoms with Gasteiger partial charge in [0.1, 0.15) is 17.2 Å². The molecule has 0 radical (unpaired) electrons. The normalized spacial score (nSPS) is 11.0. The monoisotopic (exact) mass is 500 g/mol. The molecule has 7 heteroatoms. The van der Waals surface area contributed by atoms with Crippen molar-refractivity contribution in [1.82, 2.24) is 19.6 Å². The van der Waals surface area contributed by atoms with Crippen LogP contribution in [0.4, 0.5) is 0 Å². The van der Waals surface area contributed by atoms with Crippen LogP contribution in [-0.2, 0) is 0 Å². The van der Waals surface area contributed by atoms with Crippen LogP contribution in [0.25, 0.3) is 44.8 Å². The Bertz CT molecular complexity index is 1770. The molecule has 4 aromatic carbocycles. The number of methoxy groups -OCH3 is 2. The van der Waals surface area contributed by atoms with Crippen molar-refractivity contribution in [3.05, 3.63) is 120 Å². The van der Waals surface area contributed by atoms with Crippen molar-refractivity contribution < 1.29 is 9.47 Å². The Hall–Kier alpha value is -5.17. The molecule has 0 N–H and O–H groups in total. The zero-order valence-electron chi connectivity index (χ0n) is 20.9. The van der Waals surface area contributed by atoms with Crippen molar-refractivity contribution in [3.8, 4) is 45.4 Å². The van der Waals surface area contributed by atoms with Crippen molar-refractivity contribution in [3.63, 3.8) is 0 Å². The standard InChI is InChI=1S/C31H24N4O3/c1-37-25-17-13-21(14-18-25)28-27-29(31(36)35(32-28)24-11-7-4-8-12-24)33-34(23-9-5-3-6-10-23)30(27)22-15-19-26(38-2)20-16-22/h3-20H,1-2H3. The van der Waals surface area contributed by atoms with E-state index < -0.39 is 0 Å². The third-order valence-electron chi connectivity index (χ3n) is 6.45. The summed E-state index contributed by atoms with van der Waals surface area (Å²) in [5, 5.41) is 10.5. The fraction of sp³-hybridized carbons (Fsp3) is 0.0645. The molecule has 6 aromatic rings. The largest absolute Gasteiger partial charge is 0.497 e. The summed E-state index contributed by atoms with van der Waals surface area (Å²) in [6.45, 7) is 0. The number of para-hydroxylation sites is 2. The number of fused-ring (bicyclic) bond motifs is 1. The number of aromatic nitrogens is 4. The number of hydrogen-bond acceptors (Lipinski definition) is 5. The van der Waals surface area contributed by atoms with Crippen molar-refractivity contribution in [1.29, 1.82) is 0 Å². The van der Waals surface area contributed by atoms with E-state index in [9.17, 15) is 4.79 Å². The zero-order valence-corrected chi connectivity index (χ0v) is 20.9. The molecule has 0 saturated heterocycles. The summed E-state index contributed by atoms with van der Waals surface area (Å²) in [5.74, 6) is 1.47. The Kier molecular flexibility index (Phi) is 5.94. The molecular weight excluding hydrogens is 476 g/mol. The maximum Gasteiger partial charge on any atom is 0.299 e. The van der Waals surface area contributed by atoms with Gasteiger partial charge in [-0.05, 0) is 72.8 Å². The van der Waals surface area contributed by atoms with Crippen LogP contribution in [0.15, 0.2) is 114 Å². The Labute approximate surface area is 219 Å². The van der Waals surface area contributed by atoms with Crippen molar-refractivity contribution in [2.45, 2.75) is 0 Å². The predicted octanol–water partition coefficient (Wildman–Crippen LogP) is 5.92. The summed E-state index contributed by atoms with van der Waals surface area (Å²) in [6.07, 6.45) is 0. The average molecular weight is 501 g/mol. The molecule has 0 saturated carbocycles. The smallest absolute Gasteiger partial charge is 0.299 e. The SMILES string of the molecule is COc1ccc(-c2nn(-c3ccccc3)c(=O)c3nn(-c4ccccc4)c(-c4ccc(OC)cc4)c23)cc1. The van der Waals surface area contributed by atoms with Crippen molar-refractivity contribution in [2.75, 3.05) is 14.2 Å². The minimum absolute atomic E-state index is 0.298. The molecule has 0 amide bonds. The molecule has 38 heavy (non-hydrogen) atoms. The quantitative estimate of drug-likeness (QED) is 0.284. The molecule has 186 valence electrons. The van der Waals surface area contributed by atoms with Crippen LogP contribution in [-0.4, -0.2) is 33.8 Å². The Balaban J connectivity index is 1.75. The summed E-state index contributed by atoms with van der Waals surface area (Å²) in [5.41, 5.74) is 4.64. The Morgan fingerprint density at radius 2 is 1.08 bits per heavy atom. The van der Waals surface area contributed by atoms with Gasteiger partial charge in [-0.1, -0.05) is 36.4 Å². The lowest BCUT2D eigenvalue weighted by Gasteiger charge is -2.12. The molecule has 2 aromatic heterocycles.